The number of ether oxygens (including phenoxy) is 2. The lowest BCUT2D eigenvalue weighted by molar-refractivity contribution is -0.116. The summed E-state index contributed by atoms with van der Waals surface area (Å²) in [5.74, 6) is 1.26. The predicted octanol–water partition coefficient (Wildman–Crippen LogP) is 4.33. The van der Waals surface area contributed by atoms with E-state index in [-0.39, 0.29) is 18.7 Å². The molecule has 1 aliphatic heterocycles. The second kappa shape index (κ2) is 7.79. The van der Waals surface area contributed by atoms with Gasteiger partial charge in [0.15, 0.2) is 11.5 Å². The average Bonchev–Trinajstić information content (AvgIpc) is 3.20. The first-order valence-corrected chi connectivity index (χ1v) is 8.78. The van der Waals surface area contributed by atoms with E-state index in [1.165, 1.54) is 6.08 Å². The quantitative estimate of drug-likeness (QED) is 0.691. The van der Waals surface area contributed by atoms with Crippen molar-refractivity contribution in [3.63, 3.8) is 0 Å². The van der Waals surface area contributed by atoms with Gasteiger partial charge in [-0.1, -0.05) is 66.7 Å². The SMILES string of the molecule is O=C(C=Cc1ccc2c(c1)OCO2)NC(c1ccccc1)c1ccccc1. The summed E-state index contributed by atoms with van der Waals surface area (Å²) in [5, 5.41) is 3.09. The number of nitrogens with one attached hydrogen (secondary N) is 1. The maximum Gasteiger partial charge on any atom is 0.244 e. The van der Waals surface area contributed by atoms with Crippen LogP contribution in [0.2, 0.25) is 0 Å². The molecule has 3 aromatic rings. The Morgan fingerprint density at radius 2 is 1.48 bits per heavy atom. The molecule has 1 heterocycles. The molecule has 0 saturated carbocycles. The van der Waals surface area contributed by atoms with Crippen molar-refractivity contribution in [1.82, 2.24) is 5.32 Å². The Hall–Kier alpha value is -3.53. The number of rotatable bonds is 5. The molecule has 3 aromatic carbocycles. The fourth-order valence-electron chi connectivity index (χ4n) is 3.03. The highest BCUT2D eigenvalue weighted by Crippen LogP contribution is 2.32. The van der Waals surface area contributed by atoms with Crippen molar-refractivity contribution in [2.24, 2.45) is 0 Å². The van der Waals surface area contributed by atoms with Crippen molar-refractivity contribution in [3.05, 3.63) is 102 Å². The van der Waals surface area contributed by atoms with E-state index in [0.717, 1.165) is 22.4 Å². The molecule has 1 amide bonds. The third-order valence-electron chi connectivity index (χ3n) is 4.38. The van der Waals surface area contributed by atoms with Crippen LogP contribution in [0.4, 0.5) is 0 Å². The molecule has 0 aromatic heterocycles. The third kappa shape index (κ3) is 4.01. The van der Waals surface area contributed by atoms with Crippen molar-refractivity contribution >= 4 is 12.0 Å². The highest BCUT2D eigenvalue weighted by molar-refractivity contribution is 5.92. The van der Waals surface area contributed by atoms with Gasteiger partial charge >= 0.3 is 0 Å². The minimum atomic E-state index is -0.207. The summed E-state index contributed by atoms with van der Waals surface area (Å²) < 4.78 is 10.7. The van der Waals surface area contributed by atoms with Crippen LogP contribution in [0.25, 0.3) is 6.08 Å². The van der Waals surface area contributed by atoms with E-state index in [1.54, 1.807) is 6.08 Å². The van der Waals surface area contributed by atoms with Gasteiger partial charge in [0.05, 0.1) is 6.04 Å². The van der Waals surface area contributed by atoms with E-state index in [1.807, 2.05) is 78.9 Å². The van der Waals surface area contributed by atoms with Crippen LogP contribution in [0.3, 0.4) is 0 Å². The zero-order valence-electron chi connectivity index (χ0n) is 14.7. The number of hydrogen-bond donors (Lipinski definition) is 1. The van der Waals surface area contributed by atoms with Gasteiger partial charge in [-0.25, -0.2) is 0 Å². The lowest BCUT2D eigenvalue weighted by atomic mass is 9.98. The number of fused-ring (bicyclic) bond motifs is 1. The highest BCUT2D eigenvalue weighted by Gasteiger charge is 2.15. The topological polar surface area (TPSA) is 47.6 Å². The van der Waals surface area contributed by atoms with Crippen molar-refractivity contribution in [2.45, 2.75) is 6.04 Å². The first-order valence-electron chi connectivity index (χ1n) is 8.78. The summed E-state index contributed by atoms with van der Waals surface area (Å²) >= 11 is 0. The summed E-state index contributed by atoms with van der Waals surface area (Å²) in [4.78, 5) is 12.6. The largest absolute Gasteiger partial charge is 0.454 e. The molecule has 0 atom stereocenters. The molecule has 4 heteroatoms. The summed E-state index contributed by atoms with van der Waals surface area (Å²) in [6.45, 7) is 0.235. The first-order chi connectivity index (χ1) is 13.3. The lowest BCUT2D eigenvalue weighted by Crippen LogP contribution is -2.27. The van der Waals surface area contributed by atoms with Gasteiger partial charge in [0.1, 0.15) is 0 Å². The number of hydrogen-bond acceptors (Lipinski definition) is 3. The van der Waals surface area contributed by atoms with Crippen molar-refractivity contribution < 1.29 is 14.3 Å². The lowest BCUT2D eigenvalue weighted by Gasteiger charge is -2.19. The van der Waals surface area contributed by atoms with Gasteiger partial charge in [-0.3, -0.25) is 4.79 Å². The average molecular weight is 357 g/mol. The monoisotopic (exact) mass is 357 g/mol. The number of carbonyl (C=O) groups excluding carboxylic acids is 1. The highest BCUT2D eigenvalue weighted by atomic mass is 16.7. The summed E-state index contributed by atoms with van der Waals surface area (Å²) in [6.07, 6.45) is 3.31. The molecule has 1 N–H and O–H groups in total. The molecule has 0 saturated heterocycles. The van der Waals surface area contributed by atoms with Crippen LogP contribution in [0, 0.1) is 0 Å². The second-order valence-electron chi connectivity index (χ2n) is 6.21. The van der Waals surface area contributed by atoms with Crippen LogP contribution >= 0.6 is 0 Å². The Bertz CT molecular complexity index is 912. The molecule has 0 fully saturated rings. The Kier molecular flexibility index (Phi) is 4.88. The molecule has 134 valence electrons. The van der Waals surface area contributed by atoms with Crippen LogP contribution in [-0.2, 0) is 4.79 Å². The second-order valence-corrected chi connectivity index (χ2v) is 6.21. The van der Waals surface area contributed by atoms with Gasteiger partial charge in [0.2, 0.25) is 12.7 Å². The molecule has 4 nitrogen and oxygen atoms in total. The summed E-state index contributed by atoms with van der Waals surface area (Å²) in [6, 6.07) is 25.3. The summed E-state index contributed by atoms with van der Waals surface area (Å²) in [5.41, 5.74) is 2.95. The molecular weight excluding hydrogens is 338 g/mol. The first kappa shape index (κ1) is 16.9. The molecule has 4 rings (SSSR count). The molecule has 1 aliphatic rings. The number of amides is 1. The fraction of sp³-hybridized carbons (Fsp3) is 0.0870. The molecule has 27 heavy (non-hydrogen) atoms. The van der Waals surface area contributed by atoms with E-state index >= 15 is 0 Å². The van der Waals surface area contributed by atoms with Crippen molar-refractivity contribution in [1.29, 1.82) is 0 Å². The van der Waals surface area contributed by atoms with Crippen LogP contribution in [0.1, 0.15) is 22.7 Å². The Labute approximate surface area is 158 Å². The van der Waals surface area contributed by atoms with Gasteiger partial charge < -0.3 is 14.8 Å². The van der Waals surface area contributed by atoms with E-state index in [4.69, 9.17) is 9.47 Å². The number of carbonyl (C=O) groups is 1. The van der Waals surface area contributed by atoms with Gasteiger partial charge in [-0.2, -0.15) is 0 Å². The summed E-state index contributed by atoms with van der Waals surface area (Å²) in [7, 11) is 0. The van der Waals surface area contributed by atoms with E-state index in [0.29, 0.717) is 5.75 Å². The van der Waals surface area contributed by atoms with Crippen LogP contribution < -0.4 is 14.8 Å². The normalized spacial score (nSPS) is 12.5. The zero-order valence-corrected chi connectivity index (χ0v) is 14.7. The molecule has 0 radical (unpaired) electrons. The maximum atomic E-state index is 12.6. The minimum absolute atomic E-state index is 0.162. The van der Waals surface area contributed by atoms with Gasteiger partial charge in [0, 0.05) is 6.08 Å². The van der Waals surface area contributed by atoms with Crippen LogP contribution in [0.5, 0.6) is 11.5 Å². The van der Waals surface area contributed by atoms with Crippen LogP contribution in [0.15, 0.2) is 84.9 Å². The van der Waals surface area contributed by atoms with Crippen LogP contribution in [-0.4, -0.2) is 12.7 Å². The third-order valence-corrected chi connectivity index (χ3v) is 4.38. The maximum absolute atomic E-state index is 12.6. The van der Waals surface area contributed by atoms with Crippen molar-refractivity contribution in [3.8, 4) is 11.5 Å². The van der Waals surface area contributed by atoms with Gasteiger partial charge in [-0.05, 0) is 34.9 Å². The van der Waals surface area contributed by atoms with E-state index in [9.17, 15) is 4.79 Å². The van der Waals surface area contributed by atoms with Crippen molar-refractivity contribution in [2.75, 3.05) is 6.79 Å². The minimum Gasteiger partial charge on any atom is -0.454 e. The molecule has 0 bridgehead atoms. The Balaban J connectivity index is 1.52. The number of benzene rings is 3. The Morgan fingerprint density at radius 1 is 0.852 bits per heavy atom. The van der Waals surface area contributed by atoms with E-state index < -0.39 is 0 Å². The Morgan fingerprint density at radius 3 is 2.15 bits per heavy atom. The molecular formula is C23H19NO3. The van der Waals surface area contributed by atoms with Gasteiger partial charge in [-0.15, -0.1) is 0 Å². The smallest absolute Gasteiger partial charge is 0.244 e. The fourth-order valence-corrected chi connectivity index (χ4v) is 3.03. The standard InChI is InChI=1S/C23H19NO3/c25-22(14-12-17-11-13-20-21(15-17)27-16-26-20)24-23(18-7-3-1-4-8-18)19-9-5-2-6-10-19/h1-15,23H,16H2,(H,24,25). The molecule has 0 aliphatic carbocycles. The zero-order chi connectivity index (χ0) is 18.5. The molecule has 0 unspecified atom stereocenters. The predicted molar refractivity (Wildman–Crippen MR) is 104 cm³/mol. The van der Waals surface area contributed by atoms with E-state index in [2.05, 4.69) is 5.32 Å². The molecule has 0 spiro atoms. The van der Waals surface area contributed by atoms with Gasteiger partial charge in [0.25, 0.3) is 0 Å².